The third-order valence-corrected chi connectivity index (χ3v) is 7.29. The molecule has 1 atom stereocenters. The van der Waals surface area contributed by atoms with Crippen molar-refractivity contribution in [2.75, 3.05) is 12.4 Å². The first-order valence-corrected chi connectivity index (χ1v) is 12.3. The Morgan fingerprint density at radius 3 is 2.52 bits per heavy atom. The maximum atomic E-state index is 12.9. The molecule has 0 radical (unpaired) electrons. The predicted molar refractivity (Wildman–Crippen MR) is 132 cm³/mol. The molecule has 0 saturated heterocycles. The van der Waals surface area contributed by atoms with Gasteiger partial charge in [0.25, 0.3) is 0 Å². The summed E-state index contributed by atoms with van der Waals surface area (Å²) in [5.74, 6) is -0.351. The summed E-state index contributed by atoms with van der Waals surface area (Å²) in [6.07, 6.45) is 0. The Kier molecular flexibility index (Phi) is 6.34. The summed E-state index contributed by atoms with van der Waals surface area (Å²) in [7, 11) is -2.68. The van der Waals surface area contributed by atoms with Crippen molar-refractivity contribution in [2.24, 2.45) is 0 Å². The highest BCUT2D eigenvalue weighted by Crippen LogP contribution is 2.31. The number of sulfonamides is 1. The van der Waals surface area contributed by atoms with E-state index in [1.54, 1.807) is 0 Å². The molecule has 3 aromatic carbocycles. The van der Waals surface area contributed by atoms with Gasteiger partial charge in [-0.05, 0) is 56.3 Å². The zero-order valence-electron chi connectivity index (χ0n) is 18.4. The molecule has 0 fully saturated rings. The summed E-state index contributed by atoms with van der Waals surface area (Å²) < 4.78 is 35.4. The molecule has 0 aliphatic carbocycles. The third-order valence-electron chi connectivity index (χ3n) is 5.50. The number of hydrogen-bond acceptors (Lipinski definition) is 4. The summed E-state index contributed by atoms with van der Waals surface area (Å²) in [5, 5.41) is 5.16. The minimum Gasteiger partial charge on any atom is -0.495 e. The van der Waals surface area contributed by atoms with E-state index in [1.807, 2.05) is 36.4 Å². The molecule has 7 nitrogen and oxygen atoms in total. The molecule has 33 heavy (non-hydrogen) atoms. The lowest BCUT2D eigenvalue weighted by Gasteiger charge is -2.16. The van der Waals surface area contributed by atoms with Crippen LogP contribution in [0.25, 0.3) is 21.8 Å². The molecule has 4 aromatic rings. The van der Waals surface area contributed by atoms with E-state index < -0.39 is 22.0 Å². The molecule has 0 unspecified atom stereocenters. The molecule has 0 aliphatic heterocycles. The topological polar surface area (TPSA) is 89.4 Å². The van der Waals surface area contributed by atoms with Crippen LogP contribution in [0.4, 0.5) is 5.69 Å². The van der Waals surface area contributed by atoms with E-state index >= 15 is 0 Å². The zero-order valence-corrected chi connectivity index (χ0v) is 20.0. The number of nitrogens with one attached hydrogen (secondary N) is 2. The molecule has 4 rings (SSSR count). The van der Waals surface area contributed by atoms with Gasteiger partial charge in [0, 0.05) is 39.1 Å². The van der Waals surface area contributed by atoms with Crippen LogP contribution in [-0.4, -0.2) is 32.0 Å². The lowest BCUT2D eigenvalue weighted by atomic mass is 10.1. The first-order chi connectivity index (χ1) is 15.7. The van der Waals surface area contributed by atoms with E-state index in [4.69, 9.17) is 16.3 Å². The number of rotatable bonds is 7. The Morgan fingerprint density at radius 1 is 1.06 bits per heavy atom. The van der Waals surface area contributed by atoms with Gasteiger partial charge in [-0.15, -0.1) is 0 Å². The first kappa shape index (κ1) is 23.1. The lowest BCUT2D eigenvalue weighted by Crippen LogP contribution is -2.41. The van der Waals surface area contributed by atoms with Crippen molar-refractivity contribution in [3.05, 3.63) is 65.7 Å². The number of anilines is 1. The van der Waals surface area contributed by atoms with E-state index in [1.165, 1.54) is 32.2 Å². The number of carbonyl (C=O) groups is 1. The van der Waals surface area contributed by atoms with Crippen LogP contribution in [0.5, 0.6) is 5.75 Å². The molecule has 2 N–H and O–H groups in total. The average molecular weight is 486 g/mol. The third kappa shape index (κ3) is 4.42. The molecule has 1 heterocycles. The van der Waals surface area contributed by atoms with Crippen molar-refractivity contribution in [3.63, 3.8) is 0 Å². The number of fused-ring (bicyclic) bond motifs is 3. The van der Waals surface area contributed by atoms with Crippen LogP contribution in [0.15, 0.2) is 65.6 Å². The second-order valence-corrected chi connectivity index (χ2v) is 9.74. The minimum absolute atomic E-state index is 0.133. The van der Waals surface area contributed by atoms with Crippen molar-refractivity contribution >= 4 is 55.0 Å². The molecule has 0 bridgehead atoms. The maximum Gasteiger partial charge on any atom is 0.245 e. The fraction of sp³-hybridized carbons (Fsp3) is 0.208. The van der Waals surface area contributed by atoms with Crippen LogP contribution >= 0.6 is 11.6 Å². The van der Waals surface area contributed by atoms with Crippen LogP contribution in [0.3, 0.4) is 0 Å². The second-order valence-electron chi connectivity index (χ2n) is 7.62. The highest BCUT2D eigenvalue weighted by Gasteiger charge is 2.25. The molecule has 1 amide bonds. The van der Waals surface area contributed by atoms with Crippen LogP contribution in [0, 0.1) is 0 Å². The molecular weight excluding hydrogens is 462 g/mol. The number of aryl methyl sites for hydroxylation is 1. The number of para-hydroxylation sites is 1. The number of halogens is 1. The van der Waals surface area contributed by atoms with Gasteiger partial charge in [-0.2, -0.15) is 4.72 Å². The normalized spacial score (nSPS) is 12.7. The number of benzene rings is 3. The van der Waals surface area contributed by atoms with Gasteiger partial charge in [-0.1, -0.05) is 29.8 Å². The Bertz CT molecular complexity index is 1460. The zero-order chi connectivity index (χ0) is 23.8. The smallest absolute Gasteiger partial charge is 0.245 e. The van der Waals surface area contributed by atoms with Crippen molar-refractivity contribution in [3.8, 4) is 5.75 Å². The first-order valence-electron chi connectivity index (χ1n) is 10.4. The molecule has 0 aliphatic rings. The van der Waals surface area contributed by atoms with E-state index in [-0.39, 0.29) is 15.7 Å². The van der Waals surface area contributed by atoms with Gasteiger partial charge in [-0.25, -0.2) is 8.42 Å². The summed E-state index contributed by atoms with van der Waals surface area (Å²) in [6, 6.07) is 17.0. The Hall–Kier alpha value is -3.07. The van der Waals surface area contributed by atoms with Crippen LogP contribution in [-0.2, 0) is 21.4 Å². The fourth-order valence-electron chi connectivity index (χ4n) is 3.93. The number of hydrogen-bond donors (Lipinski definition) is 2. The quantitative estimate of drug-likeness (QED) is 0.394. The van der Waals surface area contributed by atoms with Gasteiger partial charge in [0.05, 0.1) is 13.2 Å². The van der Waals surface area contributed by atoms with E-state index in [0.29, 0.717) is 5.69 Å². The Labute approximate surface area is 197 Å². The Morgan fingerprint density at radius 2 is 1.79 bits per heavy atom. The number of ether oxygens (including phenoxy) is 1. The summed E-state index contributed by atoms with van der Waals surface area (Å²) in [5.41, 5.74) is 2.77. The number of aromatic nitrogens is 1. The van der Waals surface area contributed by atoms with Gasteiger partial charge in [0.2, 0.25) is 15.9 Å². The number of carbonyl (C=O) groups excluding carboxylic acids is 1. The van der Waals surface area contributed by atoms with Gasteiger partial charge in [0.15, 0.2) is 0 Å². The van der Waals surface area contributed by atoms with Crippen molar-refractivity contribution in [1.29, 1.82) is 0 Å². The van der Waals surface area contributed by atoms with Crippen LogP contribution < -0.4 is 14.8 Å². The maximum absolute atomic E-state index is 12.9. The fourth-order valence-corrected chi connectivity index (χ4v) is 5.57. The van der Waals surface area contributed by atoms with E-state index in [2.05, 4.69) is 27.6 Å². The molecule has 172 valence electrons. The monoisotopic (exact) mass is 485 g/mol. The Balaban J connectivity index is 1.58. The van der Waals surface area contributed by atoms with Crippen LogP contribution in [0.2, 0.25) is 5.02 Å². The van der Waals surface area contributed by atoms with E-state index in [0.717, 1.165) is 28.4 Å². The molecule has 9 heteroatoms. The standard InChI is InChI=1S/C24H24ClN3O4S/c1-4-28-20-8-6-5-7-18(20)19-14-17(10-11-21(19)28)26-24(29)15(2)27-33(30,31)23-13-16(25)9-12-22(23)32-3/h5-15,27H,4H2,1-3H3,(H,26,29)/t15-/m0/s1. The van der Waals surface area contributed by atoms with Crippen molar-refractivity contribution in [2.45, 2.75) is 31.3 Å². The highest BCUT2D eigenvalue weighted by molar-refractivity contribution is 7.89. The summed E-state index contributed by atoms with van der Waals surface area (Å²) in [4.78, 5) is 12.7. The number of nitrogens with zero attached hydrogens (tertiary/aromatic N) is 1. The van der Waals surface area contributed by atoms with Crippen LogP contribution in [0.1, 0.15) is 13.8 Å². The molecule has 0 saturated carbocycles. The second kappa shape index (κ2) is 9.05. The summed E-state index contributed by atoms with van der Waals surface area (Å²) in [6.45, 7) is 4.39. The highest BCUT2D eigenvalue weighted by atomic mass is 35.5. The number of amides is 1. The van der Waals surface area contributed by atoms with Gasteiger partial charge in [-0.3, -0.25) is 4.79 Å². The lowest BCUT2D eigenvalue weighted by molar-refractivity contribution is -0.117. The van der Waals surface area contributed by atoms with Gasteiger partial charge >= 0.3 is 0 Å². The van der Waals surface area contributed by atoms with E-state index in [9.17, 15) is 13.2 Å². The number of methoxy groups -OCH3 is 1. The molecular formula is C24H24ClN3O4S. The van der Waals surface area contributed by atoms with Crippen molar-refractivity contribution < 1.29 is 17.9 Å². The predicted octanol–water partition coefficient (Wildman–Crippen LogP) is 4.78. The van der Waals surface area contributed by atoms with Gasteiger partial charge < -0.3 is 14.6 Å². The average Bonchev–Trinajstić information content (AvgIpc) is 3.11. The largest absolute Gasteiger partial charge is 0.495 e. The molecule has 1 aromatic heterocycles. The molecule has 0 spiro atoms. The van der Waals surface area contributed by atoms with Gasteiger partial charge in [0.1, 0.15) is 10.6 Å². The minimum atomic E-state index is -4.05. The summed E-state index contributed by atoms with van der Waals surface area (Å²) >= 11 is 5.96. The van der Waals surface area contributed by atoms with Crippen molar-refractivity contribution in [1.82, 2.24) is 9.29 Å². The SMILES string of the molecule is CCn1c2ccccc2c2cc(NC(=O)[C@H](C)NS(=O)(=O)c3cc(Cl)ccc3OC)ccc21.